The molecule has 1 aliphatic carbocycles. The molecule has 1 atom stereocenters. The number of carbonyl (C=O) groups excluding carboxylic acids is 1. The van der Waals surface area contributed by atoms with Gasteiger partial charge in [-0.05, 0) is 67.7 Å². The fraction of sp³-hybridized carbons (Fsp3) is 0.682. The minimum atomic E-state index is -4.47. The zero-order valence-electron chi connectivity index (χ0n) is 17.7. The maximum absolute atomic E-state index is 12.9. The number of hydrogen-bond donors (Lipinski definition) is 3. The molecule has 29 heavy (non-hydrogen) atoms. The molecule has 4 nitrogen and oxygen atoms in total. The highest BCUT2D eigenvalue weighted by Crippen LogP contribution is 2.31. The van der Waals surface area contributed by atoms with E-state index in [1.165, 1.54) is 6.07 Å². The number of alkyl halides is 3. The van der Waals surface area contributed by atoms with Crippen molar-refractivity contribution < 1.29 is 23.1 Å². The van der Waals surface area contributed by atoms with E-state index in [0.29, 0.717) is 30.6 Å². The molecule has 1 aromatic rings. The van der Waals surface area contributed by atoms with Crippen LogP contribution in [0.1, 0.15) is 67.9 Å². The van der Waals surface area contributed by atoms with E-state index in [2.05, 4.69) is 10.6 Å². The third-order valence-corrected chi connectivity index (χ3v) is 5.66. The Bertz CT molecular complexity index is 690. The average Bonchev–Trinajstić information content (AvgIpc) is 2.63. The van der Waals surface area contributed by atoms with Crippen LogP contribution in [0.25, 0.3) is 0 Å². The van der Waals surface area contributed by atoms with Crippen molar-refractivity contribution in [3.05, 3.63) is 34.9 Å². The molecule has 7 heteroatoms. The number of hydrogen-bond acceptors (Lipinski definition) is 3. The molecule has 1 aromatic carbocycles. The average molecular weight is 415 g/mol. The van der Waals surface area contributed by atoms with Crippen molar-refractivity contribution in [1.29, 1.82) is 0 Å². The molecule has 1 saturated carbocycles. The Kier molecular flexibility index (Phi) is 7.74. The lowest BCUT2D eigenvalue weighted by Crippen LogP contribution is -2.43. The number of carbonyl (C=O) groups is 1. The van der Waals surface area contributed by atoms with E-state index in [4.69, 9.17) is 0 Å². The standard InChI is InChI=1S/C22H33F3N2O2/c1-14-9-16(11-17(10-14)22(23,24)25)20(29)27-12-15-5-7-18(8-6-15)26-13-19(28)21(2,3)4/h9-11,15,18-19,26,28H,5-8,12-13H2,1-4H3,(H,27,29)/t15-,18-,19?. The zero-order valence-corrected chi connectivity index (χ0v) is 17.7. The van der Waals surface area contributed by atoms with E-state index in [-0.39, 0.29) is 11.0 Å². The molecule has 0 radical (unpaired) electrons. The molecule has 1 aliphatic rings. The molecule has 1 amide bonds. The first-order valence-electron chi connectivity index (χ1n) is 10.2. The van der Waals surface area contributed by atoms with E-state index in [1.807, 2.05) is 20.8 Å². The van der Waals surface area contributed by atoms with Crippen LogP contribution in [-0.4, -0.2) is 36.2 Å². The Hall–Kier alpha value is -1.60. The summed E-state index contributed by atoms with van der Waals surface area (Å²) in [5, 5.41) is 16.3. The van der Waals surface area contributed by atoms with Gasteiger partial charge >= 0.3 is 6.18 Å². The zero-order chi connectivity index (χ0) is 21.8. The number of aliphatic hydroxyl groups is 1. The minimum absolute atomic E-state index is 0.0452. The van der Waals surface area contributed by atoms with E-state index >= 15 is 0 Å². The predicted molar refractivity (Wildman–Crippen MR) is 108 cm³/mol. The molecule has 2 rings (SSSR count). The Morgan fingerprint density at radius 3 is 2.31 bits per heavy atom. The van der Waals surface area contributed by atoms with E-state index in [9.17, 15) is 23.1 Å². The minimum Gasteiger partial charge on any atom is -0.391 e. The number of halogens is 3. The van der Waals surface area contributed by atoms with Gasteiger partial charge in [-0.1, -0.05) is 20.8 Å². The summed E-state index contributed by atoms with van der Waals surface area (Å²) in [6, 6.07) is 3.78. The summed E-state index contributed by atoms with van der Waals surface area (Å²) in [5.74, 6) is -0.149. The second-order valence-electron chi connectivity index (χ2n) is 9.30. The molecular weight excluding hydrogens is 381 g/mol. The summed E-state index contributed by atoms with van der Waals surface area (Å²) >= 11 is 0. The van der Waals surface area contributed by atoms with Crippen molar-refractivity contribution in [3.63, 3.8) is 0 Å². The highest BCUT2D eigenvalue weighted by Gasteiger charge is 2.31. The van der Waals surface area contributed by atoms with Crippen molar-refractivity contribution in [2.75, 3.05) is 13.1 Å². The van der Waals surface area contributed by atoms with Gasteiger partial charge in [0.2, 0.25) is 0 Å². The topological polar surface area (TPSA) is 61.4 Å². The quantitative estimate of drug-likeness (QED) is 0.651. The fourth-order valence-electron chi connectivity index (χ4n) is 3.57. The first-order valence-corrected chi connectivity index (χ1v) is 10.2. The predicted octanol–water partition coefficient (Wildman–Crippen LogP) is 4.30. The number of amides is 1. The molecule has 1 unspecified atom stereocenters. The van der Waals surface area contributed by atoms with Crippen LogP contribution < -0.4 is 10.6 Å². The lowest BCUT2D eigenvalue weighted by Gasteiger charge is -2.32. The van der Waals surface area contributed by atoms with Crippen molar-refractivity contribution in [3.8, 4) is 0 Å². The maximum Gasteiger partial charge on any atom is 0.416 e. The lowest BCUT2D eigenvalue weighted by atomic mass is 9.85. The second-order valence-corrected chi connectivity index (χ2v) is 9.30. The number of aryl methyl sites for hydroxylation is 1. The van der Waals surface area contributed by atoms with Crippen LogP contribution >= 0.6 is 0 Å². The lowest BCUT2D eigenvalue weighted by molar-refractivity contribution is -0.137. The summed E-state index contributed by atoms with van der Waals surface area (Å²) in [6.45, 7) is 8.59. The highest BCUT2D eigenvalue weighted by atomic mass is 19.4. The van der Waals surface area contributed by atoms with Crippen LogP contribution in [-0.2, 0) is 6.18 Å². The molecule has 1 fully saturated rings. The first kappa shape index (κ1) is 23.7. The van der Waals surface area contributed by atoms with Crippen LogP contribution in [0.5, 0.6) is 0 Å². The van der Waals surface area contributed by atoms with Gasteiger partial charge in [0.15, 0.2) is 0 Å². The molecular formula is C22H33F3N2O2. The second kappa shape index (κ2) is 9.47. The smallest absolute Gasteiger partial charge is 0.391 e. The van der Waals surface area contributed by atoms with Crippen LogP contribution in [0.15, 0.2) is 18.2 Å². The Morgan fingerprint density at radius 2 is 1.76 bits per heavy atom. The molecule has 0 saturated heterocycles. The molecule has 0 spiro atoms. The largest absolute Gasteiger partial charge is 0.416 e. The number of nitrogens with one attached hydrogen (secondary N) is 2. The molecule has 0 aromatic heterocycles. The number of rotatable bonds is 6. The Morgan fingerprint density at radius 1 is 1.14 bits per heavy atom. The van der Waals surface area contributed by atoms with Crippen molar-refractivity contribution in [2.45, 2.75) is 71.7 Å². The Labute approximate surface area is 171 Å². The third-order valence-electron chi connectivity index (χ3n) is 5.66. The van der Waals surface area contributed by atoms with Gasteiger partial charge in [0.25, 0.3) is 5.91 Å². The Balaban J connectivity index is 1.79. The van der Waals surface area contributed by atoms with Crippen molar-refractivity contribution >= 4 is 5.91 Å². The highest BCUT2D eigenvalue weighted by molar-refractivity contribution is 5.94. The van der Waals surface area contributed by atoms with Gasteiger partial charge in [-0.25, -0.2) is 0 Å². The summed E-state index contributed by atoms with van der Waals surface area (Å²) in [6.07, 6.45) is -1.08. The van der Waals surface area contributed by atoms with Gasteiger partial charge in [-0.2, -0.15) is 13.2 Å². The van der Waals surface area contributed by atoms with Crippen LogP contribution in [0.3, 0.4) is 0 Å². The maximum atomic E-state index is 12.9. The van der Waals surface area contributed by atoms with Gasteiger partial charge in [-0.15, -0.1) is 0 Å². The van der Waals surface area contributed by atoms with Crippen molar-refractivity contribution in [2.24, 2.45) is 11.3 Å². The molecule has 0 heterocycles. The van der Waals surface area contributed by atoms with Gasteiger partial charge in [0, 0.05) is 24.7 Å². The summed E-state index contributed by atoms with van der Waals surface area (Å²) in [7, 11) is 0. The normalized spacial score (nSPS) is 21.7. The molecule has 0 bridgehead atoms. The SMILES string of the molecule is Cc1cc(C(=O)NC[C@H]2CC[C@H](NCC(O)C(C)(C)C)CC2)cc(C(F)(F)F)c1. The summed E-state index contributed by atoms with van der Waals surface area (Å²) < 4.78 is 38.8. The number of aliphatic hydroxyl groups excluding tert-OH is 1. The van der Waals surface area contributed by atoms with Crippen LogP contribution in [0.4, 0.5) is 13.2 Å². The van der Waals surface area contributed by atoms with Crippen LogP contribution in [0.2, 0.25) is 0 Å². The molecule has 164 valence electrons. The third kappa shape index (κ3) is 7.30. The fourth-order valence-corrected chi connectivity index (χ4v) is 3.57. The summed E-state index contributed by atoms with van der Waals surface area (Å²) in [4.78, 5) is 12.3. The molecule has 0 aliphatic heterocycles. The van der Waals surface area contributed by atoms with Crippen LogP contribution in [0, 0.1) is 18.3 Å². The monoisotopic (exact) mass is 414 g/mol. The summed E-state index contributed by atoms with van der Waals surface area (Å²) in [5.41, 5.74) is -0.500. The van der Waals surface area contributed by atoms with Crippen molar-refractivity contribution in [1.82, 2.24) is 10.6 Å². The van der Waals surface area contributed by atoms with Gasteiger partial charge < -0.3 is 15.7 Å². The first-order chi connectivity index (χ1) is 13.4. The van der Waals surface area contributed by atoms with Gasteiger partial charge in [-0.3, -0.25) is 4.79 Å². The molecule has 3 N–H and O–H groups in total. The van der Waals surface area contributed by atoms with E-state index < -0.39 is 23.8 Å². The van der Waals surface area contributed by atoms with E-state index in [0.717, 1.165) is 37.8 Å². The van der Waals surface area contributed by atoms with E-state index in [1.54, 1.807) is 6.92 Å². The van der Waals surface area contributed by atoms with Gasteiger partial charge in [0.1, 0.15) is 0 Å². The van der Waals surface area contributed by atoms with Gasteiger partial charge in [0.05, 0.1) is 11.7 Å². The number of benzene rings is 1.